The number of anilines is 2. The van der Waals surface area contributed by atoms with Crippen molar-refractivity contribution >= 4 is 28.1 Å². The van der Waals surface area contributed by atoms with E-state index in [2.05, 4.69) is 0 Å². The zero-order valence-corrected chi connectivity index (χ0v) is 6.52. The van der Waals surface area contributed by atoms with Crippen molar-refractivity contribution in [2.45, 2.75) is 0 Å². The predicted molar refractivity (Wildman–Crippen MR) is 47.9 cm³/mol. The van der Waals surface area contributed by atoms with Gasteiger partial charge < -0.3 is 11.5 Å². The van der Waals surface area contributed by atoms with Crippen LogP contribution in [0.15, 0.2) is 18.2 Å². The van der Waals surface area contributed by atoms with Gasteiger partial charge >= 0.3 is 0 Å². The minimum Gasteiger partial charge on any atom is -0.399 e. The van der Waals surface area contributed by atoms with Crippen molar-refractivity contribution in [3.63, 3.8) is 0 Å². The van der Waals surface area contributed by atoms with E-state index in [0.29, 0.717) is 16.9 Å². The molecule has 3 nitrogen and oxygen atoms in total. The number of hydrogen-bond donors (Lipinski definition) is 3. The standard InChI is InChI=1S/C7H8ClN3/c8-7(11)5-3-4(9)1-2-6(5)10/h1-3,11H,9-10H2. The summed E-state index contributed by atoms with van der Waals surface area (Å²) in [6, 6.07) is 4.87. The normalized spacial score (nSPS) is 9.55. The summed E-state index contributed by atoms with van der Waals surface area (Å²) in [6.45, 7) is 0. The lowest BCUT2D eigenvalue weighted by Gasteiger charge is -2.02. The smallest absolute Gasteiger partial charge is 0.130 e. The first-order valence-corrected chi connectivity index (χ1v) is 3.38. The number of nitrogens with two attached hydrogens (primary N) is 2. The van der Waals surface area contributed by atoms with E-state index in [-0.39, 0.29) is 5.17 Å². The SMILES string of the molecule is N=C(Cl)c1cc(N)ccc1N. The maximum Gasteiger partial charge on any atom is 0.130 e. The molecule has 0 saturated carbocycles. The number of hydrogen-bond acceptors (Lipinski definition) is 3. The van der Waals surface area contributed by atoms with E-state index in [9.17, 15) is 0 Å². The second kappa shape index (κ2) is 2.80. The van der Waals surface area contributed by atoms with Crippen LogP contribution in [0.2, 0.25) is 0 Å². The van der Waals surface area contributed by atoms with Crippen LogP contribution in [0.5, 0.6) is 0 Å². The highest BCUT2D eigenvalue weighted by molar-refractivity contribution is 6.69. The minimum absolute atomic E-state index is 0.0881. The number of nitrogen functional groups attached to an aromatic ring is 2. The molecule has 0 radical (unpaired) electrons. The van der Waals surface area contributed by atoms with Gasteiger partial charge in [0.15, 0.2) is 0 Å². The third-order valence-electron chi connectivity index (χ3n) is 1.31. The van der Waals surface area contributed by atoms with Gasteiger partial charge in [0.1, 0.15) is 5.17 Å². The van der Waals surface area contributed by atoms with Crippen LogP contribution < -0.4 is 11.5 Å². The maximum absolute atomic E-state index is 7.10. The van der Waals surface area contributed by atoms with Gasteiger partial charge in [-0.3, -0.25) is 5.41 Å². The first-order chi connectivity index (χ1) is 5.11. The maximum atomic E-state index is 7.10. The van der Waals surface area contributed by atoms with Crippen molar-refractivity contribution < 1.29 is 0 Å². The highest BCUT2D eigenvalue weighted by Crippen LogP contribution is 2.17. The van der Waals surface area contributed by atoms with E-state index in [4.69, 9.17) is 28.5 Å². The fourth-order valence-electron chi connectivity index (χ4n) is 0.764. The molecule has 0 aliphatic heterocycles. The molecule has 0 saturated heterocycles. The molecule has 0 aliphatic rings. The molecule has 0 spiro atoms. The average Bonchev–Trinajstić information content (AvgIpc) is 1.94. The van der Waals surface area contributed by atoms with E-state index in [1.54, 1.807) is 18.2 Å². The Bertz CT molecular complexity index is 296. The Balaban J connectivity index is 3.23. The van der Waals surface area contributed by atoms with Gasteiger partial charge in [-0.15, -0.1) is 0 Å². The third-order valence-corrected chi connectivity index (χ3v) is 1.52. The van der Waals surface area contributed by atoms with E-state index in [1.807, 2.05) is 0 Å². The molecule has 0 heterocycles. The van der Waals surface area contributed by atoms with Crippen molar-refractivity contribution in [2.75, 3.05) is 11.5 Å². The largest absolute Gasteiger partial charge is 0.399 e. The van der Waals surface area contributed by atoms with E-state index < -0.39 is 0 Å². The molecule has 5 N–H and O–H groups in total. The lowest BCUT2D eigenvalue weighted by Crippen LogP contribution is -1.98. The molecule has 0 bridgehead atoms. The number of benzene rings is 1. The minimum atomic E-state index is -0.0881. The van der Waals surface area contributed by atoms with Gasteiger partial charge in [0.2, 0.25) is 0 Å². The topological polar surface area (TPSA) is 75.9 Å². The number of rotatable bonds is 1. The Morgan fingerprint density at radius 3 is 2.45 bits per heavy atom. The fourth-order valence-corrected chi connectivity index (χ4v) is 0.928. The zero-order valence-electron chi connectivity index (χ0n) is 5.76. The van der Waals surface area contributed by atoms with Gasteiger partial charge in [-0.05, 0) is 18.2 Å². The molecule has 0 amide bonds. The summed E-state index contributed by atoms with van der Waals surface area (Å²) in [5.41, 5.74) is 12.5. The summed E-state index contributed by atoms with van der Waals surface area (Å²) in [5.74, 6) is 0. The van der Waals surface area contributed by atoms with E-state index in [0.717, 1.165) is 0 Å². The Kier molecular flexibility index (Phi) is 2.01. The quantitative estimate of drug-likeness (QED) is 0.439. The summed E-state index contributed by atoms with van der Waals surface area (Å²) in [6.07, 6.45) is 0. The highest BCUT2D eigenvalue weighted by atomic mass is 35.5. The molecule has 4 heteroatoms. The zero-order chi connectivity index (χ0) is 8.43. The molecule has 0 atom stereocenters. The highest BCUT2D eigenvalue weighted by Gasteiger charge is 2.02. The monoisotopic (exact) mass is 169 g/mol. The van der Waals surface area contributed by atoms with Crippen LogP contribution in [0.4, 0.5) is 11.4 Å². The van der Waals surface area contributed by atoms with Crippen molar-refractivity contribution in [3.8, 4) is 0 Å². The van der Waals surface area contributed by atoms with Crippen LogP contribution in [-0.2, 0) is 0 Å². The lowest BCUT2D eigenvalue weighted by molar-refractivity contribution is 1.52. The van der Waals surface area contributed by atoms with Crippen LogP contribution >= 0.6 is 11.6 Å². The second-order valence-electron chi connectivity index (χ2n) is 2.16. The molecule has 11 heavy (non-hydrogen) atoms. The fraction of sp³-hybridized carbons (Fsp3) is 0. The molecule has 0 aliphatic carbocycles. The molecular formula is C7H8ClN3. The summed E-state index contributed by atoms with van der Waals surface area (Å²) >= 11 is 5.43. The molecule has 1 aromatic rings. The van der Waals surface area contributed by atoms with Crippen LogP contribution in [0.3, 0.4) is 0 Å². The molecule has 1 rings (SSSR count). The van der Waals surface area contributed by atoms with Crippen molar-refractivity contribution in [1.29, 1.82) is 5.41 Å². The Morgan fingerprint density at radius 1 is 1.36 bits per heavy atom. The van der Waals surface area contributed by atoms with Gasteiger partial charge in [0.05, 0.1) is 0 Å². The predicted octanol–water partition coefficient (Wildman–Crippen LogP) is 1.42. The first-order valence-electron chi connectivity index (χ1n) is 3.00. The Morgan fingerprint density at radius 2 is 2.00 bits per heavy atom. The van der Waals surface area contributed by atoms with Crippen molar-refractivity contribution in [3.05, 3.63) is 23.8 Å². The summed E-state index contributed by atoms with van der Waals surface area (Å²) in [5, 5.41) is 7.01. The van der Waals surface area contributed by atoms with E-state index in [1.165, 1.54) is 0 Å². The summed E-state index contributed by atoms with van der Waals surface area (Å²) in [4.78, 5) is 0. The Labute approximate surface area is 69.5 Å². The Hall–Kier alpha value is -1.22. The summed E-state index contributed by atoms with van der Waals surface area (Å²) in [7, 11) is 0. The lowest BCUT2D eigenvalue weighted by atomic mass is 10.2. The van der Waals surface area contributed by atoms with Crippen molar-refractivity contribution in [2.24, 2.45) is 0 Å². The van der Waals surface area contributed by atoms with Crippen LogP contribution in [0.1, 0.15) is 5.56 Å². The van der Waals surface area contributed by atoms with Crippen LogP contribution in [0.25, 0.3) is 0 Å². The van der Waals surface area contributed by atoms with Gasteiger partial charge in [-0.2, -0.15) is 0 Å². The van der Waals surface area contributed by atoms with Gasteiger partial charge in [0, 0.05) is 16.9 Å². The summed E-state index contributed by atoms with van der Waals surface area (Å²) < 4.78 is 0. The van der Waals surface area contributed by atoms with Gasteiger partial charge in [-0.25, -0.2) is 0 Å². The second-order valence-corrected chi connectivity index (χ2v) is 2.54. The molecule has 0 aromatic heterocycles. The van der Waals surface area contributed by atoms with Crippen molar-refractivity contribution in [1.82, 2.24) is 0 Å². The van der Waals surface area contributed by atoms with Gasteiger partial charge in [-0.1, -0.05) is 11.6 Å². The molecular weight excluding hydrogens is 162 g/mol. The molecule has 1 aromatic carbocycles. The molecule has 0 fully saturated rings. The number of halogens is 1. The van der Waals surface area contributed by atoms with Crippen LogP contribution in [-0.4, -0.2) is 5.17 Å². The van der Waals surface area contributed by atoms with Crippen LogP contribution in [0, 0.1) is 5.41 Å². The average molecular weight is 170 g/mol. The number of nitrogens with one attached hydrogen (secondary N) is 1. The van der Waals surface area contributed by atoms with E-state index >= 15 is 0 Å². The molecule has 58 valence electrons. The molecule has 0 unspecified atom stereocenters. The van der Waals surface area contributed by atoms with Gasteiger partial charge in [0.25, 0.3) is 0 Å². The first kappa shape index (κ1) is 7.88. The third kappa shape index (κ3) is 1.62.